The number of allylic oxidation sites excluding steroid dienone is 1. The van der Waals surface area contributed by atoms with Crippen LogP contribution in [0.2, 0.25) is 9.36 Å². The van der Waals surface area contributed by atoms with Gasteiger partial charge in [-0.05, 0) is 0 Å². The maximum absolute atomic E-state index is 2.52. The van der Waals surface area contributed by atoms with Crippen LogP contribution < -0.4 is 0 Å². The van der Waals surface area contributed by atoms with Crippen LogP contribution in [0.1, 0.15) is 41.1 Å². The van der Waals surface area contributed by atoms with Crippen molar-refractivity contribution >= 4 is 6.08 Å². The first-order valence-electron chi connectivity index (χ1n) is 8.10. The summed E-state index contributed by atoms with van der Waals surface area (Å²) in [6.45, 7) is 6.85. The molecule has 2 aromatic carbocycles. The first-order chi connectivity index (χ1) is 10.4. The molecule has 1 unspecified atom stereocenters. The van der Waals surface area contributed by atoms with Crippen LogP contribution in [0.4, 0.5) is 0 Å². The van der Waals surface area contributed by atoms with E-state index in [0.717, 1.165) is 3.67 Å². The molecule has 1 atom stereocenters. The monoisotopic (exact) mass is 457 g/mol. The molecule has 2 aromatic rings. The van der Waals surface area contributed by atoms with Crippen molar-refractivity contribution in [3.63, 3.8) is 0 Å². The fourth-order valence-electron chi connectivity index (χ4n) is 3.24. The Kier molecular flexibility index (Phi) is 4.29. The molecule has 1 aliphatic rings. The quantitative estimate of drug-likeness (QED) is 0.457. The van der Waals surface area contributed by atoms with E-state index in [-0.39, 0.29) is 5.41 Å². The molecule has 0 saturated heterocycles. The molecule has 0 aliphatic heterocycles. The van der Waals surface area contributed by atoms with Crippen molar-refractivity contribution in [1.29, 1.82) is 0 Å². The van der Waals surface area contributed by atoms with E-state index in [4.69, 9.17) is 0 Å². The summed E-state index contributed by atoms with van der Waals surface area (Å²) in [6.07, 6.45) is 4.83. The first-order valence-corrected chi connectivity index (χ1v) is 17.4. The molecule has 0 amide bonds. The Morgan fingerprint density at radius 1 is 0.955 bits per heavy atom. The van der Waals surface area contributed by atoms with E-state index < -0.39 is 21.4 Å². The molecule has 0 nitrogen and oxygen atoms in total. The standard InChI is InChI=1S/C19H19.2CH3.Hf/c1-19(2,3)16-10-4-9-15(13-16)18-12-6-8-14-7-5-11-17(14)18;;;/h4-13H,1-3H3;2*1H3;. The van der Waals surface area contributed by atoms with Crippen LogP contribution in [0.3, 0.4) is 0 Å². The van der Waals surface area contributed by atoms with Gasteiger partial charge in [0.1, 0.15) is 0 Å². The van der Waals surface area contributed by atoms with Crippen LogP contribution in [0.15, 0.2) is 48.5 Å². The van der Waals surface area contributed by atoms with Gasteiger partial charge in [-0.2, -0.15) is 0 Å². The second kappa shape index (κ2) is 5.92. The molecule has 113 valence electrons. The molecule has 0 radical (unpaired) electrons. The summed E-state index contributed by atoms with van der Waals surface area (Å²) in [6, 6.07) is 15.9. The normalized spacial score (nSPS) is 16.7. The fraction of sp³-hybridized carbons (Fsp3) is 0.333. The maximum atomic E-state index is 2.52. The number of hydrogen-bond donors (Lipinski definition) is 0. The summed E-state index contributed by atoms with van der Waals surface area (Å²) in [5.41, 5.74) is 7.39. The third-order valence-corrected chi connectivity index (χ3v) is 10.9. The van der Waals surface area contributed by atoms with Gasteiger partial charge in [0.15, 0.2) is 0 Å². The summed E-state index contributed by atoms with van der Waals surface area (Å²) in [7, 11) is 0. The minimum atomic E-state index is -1.42. The van der Waals surface area contributed by atoms with E-state index in [1.807, 2.05) is 0 Å². The average molecular weight is 456 g/mol. The molecular weight excluding hydrogens is 431 g/mol. The molecule has 0 bridgehead atoms. The Hall–Kier alpha value is -0.950. The molecule has 1 aliphatic carbocycles. The topological polar surface area (TPSA) is 0 Å². The van der Waals surface area contributed by atoms with Crippen molar-refractivity contribution in [3.05, 3.63) is 65.2 Å². The molecule has 0 N–H and O–H groups in total. The van der Waals surface area contributed by atoms with E-state index in [0.29, 0.717) is 0 Å². The molecule has 3 rings (SSSR count). The van der Waals surface area contributed by atoms with E-state index in [1.165, 1.54) is 22.3 Å². The third-order valence-electron chi connectivity index (χ3n) is 4.59. The van der Waals surface area contributed by atoms with Gasteiger partial charge >= 0.3 is 143 Å². The number of rotatable bonds is 2. The predicted molar refractivity (Wildman–Crippen MR) is 94.1 cm³/mol. The summed E-state index contributed by atoms with van der Waals surface area (Å²) >= 11 is -1.42. The van der Waals surface area contributed by atoms with E-state index in [1.54, 1.807) is 5.56 Å². The van der Waals surface area contributed by atoms with Crippen LogP contribution in [0, 0.1) is 0 Å². The van der Waals surface area contributed by atoms with Gasteiger partial charge in [0.05, 0.1) is 0 Å². The van der Waals surface area contributed by atoms with Crippen molar-refractivity contribution in [3.8, 4) is 11.1 Å². The van der Waals surface area contributed by atoms with Crippen LogP contribution in [0.25, 0.3) is 17.2 Å². The van der Waals surface area contributed by atoms with Crippen molar-refractivity contribution in [2.75, 3.05) is 0 Å². The Morgan fingerprint density at radius 3 is 2.36 bits per heavy atom. The fourth-order valence-corrected chi connectivity index (χ4v) is 8.11. The number of fused-ring (bicyclic) bond motifs is 1. The average Bonchev–Trinajstić information content (AvgIpc) is 2.90. The van der Waals surface area contributed by atoms with Gasteiger partial charge in [0.2, 0.25) is 0 Å². The van der Waals surface area contributed by atoms with Gasteiger partial charge in [-0.1, -0.05) is 0 Å². The Bertz CT molecular complexity index is 717. The third kappa shape index (κ3) is 2.93. The van der Waals surface area contributed by atoms with Gasteiger partial charge in [-0.25, -0.2) is 0 Å². The molecular formula is C21H25Hf. The van der Waals surface area contributed by atoms with Crippen LogP contribution in [-0.2, 0) is 26.9 Å². The zero-order chi connectivity index (χ0) is 15.9. The first kappa shape index (κ1) is 15.9. The summed E-state index contributed by atoms with van der Waals surface area (Å²) < 4.78 is 5.80. The van der Waals surface area contributed by atoms with Crippen LogP contribution in [0.5, 0.6) is 0 Å². The zero-order valence-electron chi connectivity index (χ0n) is 14.3. The second-order valence-electron chi connectivity index (χ2n) is 7.55. The molecule has 0 fully saturated rings. The predicted octanol–water partition coefficient (Wildman–Crippen LogP) is 6.43. The van der Waals surface area contributed by atoms with Crippen molar-refractivity contribution < 1.29 is 21.4 Å². The van der Waals surface area contributed by atoms with Crippen LogP contribution >= 0.6 is 0 Å². The molecule has 0 aromatic heterocycles. The zero-order valence-corrected chi connectivity index (χ0v) is 17.9. The van der Waals surface area contributed by atoms with E-state index in [9.17, 15) is 0 Å². The SMILES string of the molecule is [CH3][Hf]([CH3])[CH]1C=Cc2c(-c3cccc(C(C)(C)C)c3)cccc21. The number of benzene rings is 2. The molecule has 0 heterocycles. The molecule has 1 heteroatoms. The summed E-state index contributed by atoms with van der Waals surface area (Å²) in [4.78, 5) is 0. The van der Waals surface area contributed by atoms with Crippen molar-refractivity contribution in [1.82, 2.24) is 0 Å². The summed E-state index contributed by atoms with van der Waals surface area (Å²) in [5.74, 6) is 0. The van der Waals surface area contributed by atoms with E-state index >= 15 is 0 Å². The molecule has 22 heavy (non-hydrogen) atoms. The van der Waals surface area contributed by atoms with Gasteiger partial charge < -0.3 is 0 Å². The van der Waals surface area contributed by atoms with Gasteiger partial charge in [-0.3, -0.25) is 0 Å². The van der Waals surface area contributed by atoms with Crippen molar-refractivity contribution in [2.24, 2.45) is 0 Å². The Morgan fingerprint density at radius 2 is 1.68 bits per heavy atom. The van der Waals surface area contributed by atoms with Crippen LogP contribution in [-0.4, -0.2) is 0 Å². The molecule has 0 spiro atoms. The van der Waals surface area contributed by atoms with Gasteiger partial charge in [0, 0.05) is 0 Å². The van der Waals surface area contributed by atoms with Gasteiger partial charge in [0.25, 0.3) is 0 Å². The Balaban J connectivity index is 2.10. The van der Waals surface area contributed by atoms with Crippen molar-refractivity contribution in [2.45, 2.75) is 39.2 Å². The minimum absolute atomic E-state index is 0.195. The second-order valence-corrected chi connectivity index (χ2v) is 17.5. The summed E-state index contributed by atoms with van der Waals surface area (Å²) in [5, 5.41) is 0. The van der Waals surface area contributed by atoms with E-state index in [2.05, 4.69) is 84.7 Å². The molecule has 0 saturated carbocycles. The van der Waals surface area contributed by atoms with Gasteiger partial charge in [-0.15, -0.1) is 0 Å². The number of hydrogen-bond acceptors (Lipinski definition) is 0. The Labute approximate surface area is 142 Å².